The maximum absolute atomic E-state index is 11.6. The van der Waals surface area contributed by atoms with Gasteiger partial charge < -0.3 is 24.1 Å². The summed E-state index contributed by atoms with van der Waals surface area (Å²) in [5, 5.41) is 9.50. The van der Waals surface area contributed by atoms with Crippen molar-refractivity contribution >= 4 is 14.0 Å². The number of hydrogen-bond acceptors (Lipinski definition) is 5. The first-order valence-corrected chi connectivity index (χ1v) is 16.3. The lowest BCUT2D eigenvalue weighted by Crippen LogP contribution is -2.53. The van der Waals surface area contributed by atoms with E-state index >= 15 is 0 Å². The number of carbonyl (C=O) groups is 1. The van der Waals surface area contributed by atoms with Crippen LogP contribution in [0.3, 0.4) is 0 Å². The first-order chi connectivity index (χ1) is 15.8. The highest BCUT2D eigenvalue weighted by Gasteiger charge is 2.50. The third kappa shape index (κ3) is 7.06. The van der Waals surface area contributed by atoms with Gasteiger partial charge in [0.15, 0.2) is 12.9 Å². The summed E-state index contributed by atoms with van der Waals surface area (Å²) >= 11 is 0. The Hall–Kier alpha value is -1.41. The van der Waals surface area contributed by atoms with Crippen LogP contribution in [0.4, 0.5) is 0 Å². The van der Waals surface area contributed by atoms with Crippen LogP contribution in [0.2, 0.25) is 25.7 Å². The summed E-state index contributed by atoms with van der Waals surface area (Å²) in [5.74, 6) is -0.0571. The molecule has 3 fully saturated rings. The second-order valence-corrected chi connectivity index (χ2v) is 18.1. The minimum absolute atomic E-state index is 0.0235. The van der Waals surface area contributed by atoms with E-state index in [0.29, 0.717) is 13.2 Å². The summed E-state index contributed by atoms with van der Waals surface area (Å²) in [7, 11) is -1.09. The van der Waals surface area contributed by atoms with E-state index in [1.54, 1.807) is 0 Å². The van der Waals surface area contributed by atoms with Crippen molar-refractivity contribution in [1.29, 1.82) is 0 Å². The number of aliphatic carboxylic acids is 1. The minimum atomic E-state index is -1.09. The van der Waals surface area contributed by atoms with Crippen LogP contribution in [0.15, 0.2) is 24.3 Å². The second-order valence-electron chi connectivity index (χ2n) is 12.5. The number of carboxylic acids is 1. The van der Waals surface area contributed by atoms with Gasteiger partial charge in [0.2, 0.25) is 0 Å². The molecule has 0 amide bonds. The molecule has 192 valence electrons. The molecule has 2 saturated heterocycles. The van der Waals surface area contributed by atoms with E-state index in [-0.39, 0.29) is 17.8 Å². The molecule has 6 nitrogen and oxygen atoms in total. The van der Waals surface area contributed by atoms with Gasteiger partial charge in [-0.25, -0.2) is 4.79 Å². The molecule has 4 rings (SSSR count). The molecular formula is C27H44O6Si. The summed E-state index contributed by atoms with van der Waals surface area (Å²) in [6, 6.07) is 9.52. The maximum Gasteiger partial charge on any atom is 0.333 e. The lowest BCUT2D eigenvalue weighted by molar-refractivity contribution is -0.177. The first kappa shape index (κ1) is 27.2. The average molecular weight is 493 g/mol. The number of rotatable bonds is 12. The highest BCUT2D eigenvalue weighted by Crippen LogP contribution is 2.52. The van der Waals surface area contributed by atoms with Crippen LogP contribution in [-0.2, 0) is 24.4 Å². The van der Waals surface area contributed by atoms with Gasteiger partial charge in [-0.1, -0.05) is 52.5 Å². The summed E-state index contributed by atoms with van der Waals surface area (Å²) in [4.78, 5) is 11.6. The average Bonchev–Trinajstić information content (AvgIpc) is 2.76. The quantitative estimate of drug-likeness (QED) is 0.224. The molecule has 2 heterocycles. The largest absolute Gasteiger partial charge is 0.479 e. The molecule has 3 aliphatic rings. The Kier molecular flexibility index (Phi) is 8.54. The number of ether oxygens (including phenoxy) is 4. The molecule has 2 bridgehead atoms. The molecule has 1 N–H and O–H groups in total. The SMILES string of the molecule is CC(C)(C)C(OCCC12CCC(c3cccc(OCOCC[Si](C)(C)C)c3)(CC1)CO2)C(=O)O. The zero-order valence-electron chi connectivity index (χ0n) is 21.9. The Morgan fingerprint density at radius 3 is 2.41 bits per heavy atom. The molecule has 2 aliphatic heterocycles. The fraction of sp³-hybridized carbons (Fsp3) is 0.741. The van der Waals surface area contributed by atoms with Crippen LogP contribution in [0.5, 0.6) is 5.75 Å². The van der Waals surface area contributed by atoms with Gasteiger partial charge in [0.25, 0.3) is 0 Å². The minimum Gasteiger partial charge on any atom is -0.479 e. The fourth-order valence-electron chi connectivity index (χ4n) is 4.98. The summed E-state index contributed by atoms with van der Waals surface area (Å²) in [6.07, 6.45) is 3.98. The normalized spacial score (nSPS) is 25.8. The van der Waals surface area contributed by atoms with Crippen molar-refractivity contribution < 1.29 is 28.8 Å². The van der Waals surface area contributed by atoms with Crippen LogP contribution >= 0.6 is 0 Å². The second kappa shape index (κ2) is 10.7. The molecule has 1 saturated carbocycles. The predicted molar refractivity (Wildman–Crippen MR) is 136 cm³/mol. The highest BCUT2D eigenvalue weighted by molar-refractivity contribution is 6.76. The number of hydrogen-bond donors (Lipinski definition) is 1. The molecule has 0 radical (unpaired) electrons. The third-order valence-electron chi connectivity index (χ3n) is 7.38. The monoisotopic (exact) mass is 492 g/mol. The molecule has 1 aromatic carbocycles. The molecule has 0 aromatic heterocycles. The Bertz CT molecular complexity index is 801. The van der Waals surface area contributed by atoms with E-state index in [9.17, 15) is 9.90 Å². The summed E-state index contributed by atoms with van der Waals surface area (Å²) < 4.78 is 23.8. The van der Waals surface area contributed by atoms with E-state index in [0.717, 1.165) is 50.5 Å². The Balaban J connectivity index is 1.51. The number of benzene rings is 1. The summed E-state index contributed by atoms with van der Waals surface area (Å²) in [5.41, 5.74) is 0.664. The molecule has 0 spiro atoms. The molecule has 1 aliphatic carbocycles. The summed E-state index contributed by atoms with van der Waals surface area (Å²) in [6.45, 7) is 14.8. The van der Waals surface area contributed by atoms with Gasteiger partial charge in [0.1, 0.15) is 5.75 Å². The van der Waals surface area contributed by atoms with Gasteiger partial charge in [-0.15, -0.1) is 0 Å². The zero-order chi connectivity index (χ0) is 25.0. The van der Waals surface area contributed by atoms with Gasteiger partial charge in [-0.2, -0.15) is 0 Å². The van der Waals surface area contributed by atoms with Crippen molar-refractivity contribution in [2.45, 2.75) is 95.7 Å². The fourth-order valence-corrected chi connectivity index (χ4v) is 5.73. The Morgan fingerprint density at radius 2 is 1.85 bits per heavy atom. The van der Waals surface area contributed by atoms with Gasteiger partial charge >= 0.3 is 5.97 Å². The van der Waals surface area contributed by atoms with E-state index in [2.05, 4.69) is 37.8 Å². The molecule has 7 heteroatoms. The van der Waals surface area contributed by atoms with Gasteiger partial charge in [-0.05, 0) is 61.3 Å². The van der Waals surface area contributed by atoms with E-state index in [1.807, 2.05) is 26.8 Å². The van der Waals surface area contributed by atoms with Gasteiger partial charge in [0.05, 0.1) is 18.8 Å². The van der Waals surface area contributed by atoms with Crippen molar-refractivity contribution in [3.63, 3.8) is 0 Å². The van der Waals surface area contributed by atoms with Crippen molar-refractivity contribution in [3.8, 4) is 5.75 Å². The van der Waals surface area contributed by atoms with Crippen LogP contribution < -0.4 is 4.74 Å². The Morgan fingerprint density at radius 1 is 1.15 bits per heavy atom. The topological polar surface area (TPSA) is 74.2 Å². The van der Waals surface area contributed by atoms with Crippen molar-refractivity contribution in [3.05, 3.63) is 29.8 Å². The molecular weight excluding hydrogens is 448 g/mol. The third-order valence-corrected chi connectivity index (χ3v) is 9.08. The van der Waals surface area contributed by atoms with Crippen molar-refractivity contribution in [2.24, 2.45) is 5.41 Å². The number of fused-ring (bicyclic) bond motifs is 3. The molecule has 1 atom stereocenters. The van der Waals surface area contributed by atoms with E-state index in [4.69, 9.17) is 18.9 Å². The first-order valence-electron chi connectivity index (χ1n) is 12.6. The number of carboxylic acid groups (broad SMARTS) is 1. The van der Waals surface area contributed by atoms with E-state index in [1.165, 1.54) is 5.56 Å². The highest BCUT2D eigenvalue weighted by atomic mass is 28.3. The zero-order valence-corrected chi connectivity index (χ0v) is 22.9. The molecule has 1 unspecified atom stereocenters. The van der Waals surface area contributed by atoms with Crippen LogP contribution in [0.1, 0.15) is 58.4 Å². The van der Waals surface area contributed by atoms with Gasteiger partial charge in [-0.3, -0.25) is 0 Å². The molecule has 34 heavy (non-hydrogen) atoms. The van der Waals surface area contributed by atoms with Crippen molar-refractivity contribution in [2.75, 3.05) is 26.6 Å². The maximum atomic E-state index is 11.6. The lowest BCUT2D eigenvalue weighted by Gasteiger charge is -2.53. The van der Waals surface area contributed by atoms with Crippen LogP contribution in [-0.4, -0.2) is 57.5 Å². The smallest absolute Gasteiger partial charge is 0.333 e. The van der Waals surface area contributed by atoms with E-state index < -0.39 is 25.6 Å². The van der Waals surface area contributed by atoms with Crippen LogP contribution in [0.25, 0.3) is 0 Å². The van der Waals surface area contributed by atoms with Crippen LogP contribution in [0, 0.1) is 5.41 Å². The van der Waals surface area contributed by atoms with Gasteiger partial charge in [0, 0.05) is 20.1 Å². The standard InChI is InChI=1S/C27H44O6Si/c1-25(2,3)23(24(28)29)31-15-14-27-12-10-26(11-13-27,19-33-27)21-8-7-9-22(18-21)32-20-30-16-17-34(4,5)6/h7-9,18,23H,10-17,19-20H2,1-6H3,(H,28,29). The Labute approximate surface area is 206 Å². The van der Waals surface area contributed by atoms with Crippen molar-refractivity contribution in [1.82, 2.24) is 0 Å². The predicted octanol–water partition coefficient (Wildman–Crippen LogP) is 5.86. The molecule has 1 aromatic rings. The lowest BCUT2D eigenvalue weighted by atomic mass is 9.62.